The molecule has 0 radical (unpaired) electrons. The van der Waals surface area contributed by atoms with Gasteiger partial charge in [0.05, 0.1) is 23.8 Å². The highest BCUT2D eigenvalue weighted by Gasteiger charge is 2.12. The fraction of sp³-hybridized carbons (Fsp3) is 0.333. The number of rotatable bonds is 6. The van der Waals surface area contributed by atoms with Crippen molar-refractivity contribution >= 4 is 11.7 Å². The lowest BCUT2D eigenvalue weighted by molar-refractivity contribution is -0.139. The van der Waals surface area contributed by atoms with Gasteiger partial charge in [-0.3, -0.25) is 4.79 Å². The van der Waals surface area contributed by atoms with Gasteiger partial charge in [0.15, 0.2) is 0 Å². The van der Waals surface area contributed by atoms with Crippen LogP contribution in [-0.2, 0) is 9.53 Å². The molecule has 1 atom stereocenters. The maximum Gasteiger partial charge on any atom is 0.306 e. The molecule has 0 amide bonds. The molecular weight excluding hydrogens is 220 g/mol. The number of nitriles is 1. The van der Waals surface area contributed by atoms with Crippen LogP contribution in [0.4, 0.5) is 5.69 Å². The molecule has 0 saturated carbocycles. The van der Waals surface area contributed by atoms with Crippen LogP contribution in [0.3, 0.4) is 0 Å². The third-order valence-corrected chi connectivity index (χ3v) is 2.30. The van der Waals surface area contributed by atoms with Crippen LogP contribution < -0.4 is 5.32 Å². The second-order valence-corrected chi connectivity index (χ2v) is 3.49. The Hall–Kier alpha value is -2.06. The Labute approximate surface area is 99.6 Å². The molecule has 1 rings (SSSR count). The molecule has 0 aromatic heterocycles. The van der Waals surface area contributed by atoms with Crippen LogP contribution >= 0.6 is 0 Å². The SMILES string of the molecule is COC(CNc1ccccc1C#N)CC(=O)O. The first kappa shape index (κ1) is 13.0. The van der Waals surface area contributed by atoms with Crippen LogP contribution in [0.1, 0.15) is 12.0 Å². The summed E-state index contributed by atoms with van der Waals surface area (Å²) < 4.78 is 5.03. The smallest absolute Gasteiger partial charge is 0.306 e. The Kier molecular flexibility index (Phi) is 4.98. The van der Waals surface area contributed by atoms with Crippen molar-refractivity contribution in [1.82, 2.24) is 0 Å². The monoisotopic (exact) mass is 234 g/mol. The lowest BCUT2D eigenvalue weighted by Gasteiger charge is -2.15. The molecule has 0 aliphatic rings. The van der Waals surface area contributed by atoms with Crippen LogP contribution in [0, 0.1) is 11.3 Å². The molecule has 1 unspecified atom stereocenters. The summed E-state index contributed by atoms with van der Waals surface area (Å²) >= 11 is 0. The summed E-state index contributed by atoms with van der Waals surface area (Å²) in [4.78, 5) is 10.5. The van der Waals surface area contributed by atoms with E-state index in [0.29, 0.717) is 17.8 Å². The molecule has 0 aliphatic carbocycles. The number of aliphatic carboxylic acids is 1. The van der Waals surface area contributed by atoms with E-state index in [1.54, 1.807) is 18.2 Å². The van der Waals surface area contributed by atoms with Crippen molar-refractivity contribution in [2.75, 3.05) is 19.0 Å². The van der Waals surface area contributed by atoms with Crippen LogP contribution in [0.15, 0.2) is 24.3 Å². The number of nitrogens with zero attached hydrogens (tertiary/aromatic N) is 1. The van der Waals surface area contributed by atoms with Crippen molar-refractivity contribution < 1.29 is 14.6 Å². The van der Waals surface area contributed by atoms with Gasteiger partial charge in [-0.15, -0.1) is 0 Å². The van der Waals surface area contributed by atoms with Gasteiger partial charge in [-0.25, -0.2) is 0 Å². The molecule has 17 heavy (non-hydrogen) atoms. The highest BCUT2D eigenvalue weighted by molar-refractivity contribution is 5.67. The Bertz CT molecular complexity index is 426. The van der Waals surface area contributed by atoms with E-state index in [0.717, 1.165) is 0 Å². The number of ether oxygens (including phenoxy) is 1. The third kappa shape index (κ3) is 4.13. The molecule has 0 aliphatic heterocycles. The minimum Gasteiger partial charge on any atom is -0.481 e. The minimum absolute atomic E-state index is 0.0712. The normalized spacial score (nSPS) is 11.5. The zero-order valence-corrected chi connectivity index (χ0v) is 9.51. The van der Waals surface area contributed by atoms with Crippen LogP contribution in [0.2, 0.25) is 0 Å². The summed E-state index contributed by atoms with van der Waals surface area (Å²) in [5.74, 6) is -0.910. The Morgan fingerprint density at radius 1 is 1.59 bits per heavy atom. The predicted octanol–water partition coefficient (Wildman–Crippen LogP) is 1.46. The number of carbonyl (C=O) groups is 1. The van der Waals surface area contributed by atoms with Gasteiger partial charge in [-0.05, 0) is 12.1 Å². The first-order valence-corrected chi connectivity index (χ1v) is 5.15. The zero-order chi connectivity index (χ0) is 12.7. The van der Waals surface area contributed by atoms with Gasteiger partial charge in [0, 0.05) is 13.7 Å². The summed E-state index contributed by atoms with van der Waals surface area (Å²) in [6.45, 7) is 0.349. The van der Waals surface area contributed by atoms with Crippen molar-refractivity contribution in [2.45, 2.75) is 12.5 Å². The van der Waals surface area contributed by atoms with E-state index in [1.807, 2.05) is 6.07 Å². The first-order chi connectivity index (χ1) is 8.17. The molecule has 5 heteroatoms. The molecule has 90 valence electrons. The molecule has 1 aromatic rings. The minimum atomic E-state index is -0.910. The van der Waals surface area contributed by atoms with Gasteiger partial charge < -0.3 is 15.2 Å². The van der Waals surface area contributed by atoms with Gasteiger partial charge in [-0.1, -0.05) is 12.1 Å². The van der Waals surface area contributed by atoms with E-state index in [4.69, 9.17) is 15.1 Å². The number of para-hydroxylation sites is 1. The highest BCUT2D eigenvalue weighted by Crippen LogP contribution is 2.13. The second kappa shape index (κ2) is 6.51. The van der Waals surface area contributed by atoms with E-state index in [1.165, 1.54) is 7.11 Å². The van der Waals surface area contributed by atoms with Gasteiger partial charge in [-0.2, -0.15) is 5.26 Å². The fourth-order valence-corrected chi connectivity index (χ4v) is 1.39. The molecule has 0 fully saturated rings. The van der Waals surface area contributed by atoms with Gasteiger partial charge in [0.1, 0.15) is 6.07 Å². The summed E-state index contributed by atoms with van der Waals surface area (Å²) in [5.41, 5.74) is 1.21. The average molecular weight is 234 g/mol. The molecule has 0 spiro atoms. The maximum atomic E-state index is 10.5. The van der Waals surface area contributed by atoms with E-state index in [9.17, 15) is 4.79 Å². The quantitative estimate of drug-likeness (QED) is 0.778. The predicted molar refractivity (Wildman–Crippen MR) is 62.7 cm³/mol. The lowest BCUT2D eigenvalue weighted by Crippen LogP contribution is -2.25. The van der Waals surface area contributed by atoms with E-state index in [-0.39, 0.29) is 6.42 Å². The van der Waals surface area contributed by atoms with Gasteiger partial charge in [0.25, 0.3) is 0 Å². The maximum absolute atomic E-state index is 10.5. The molecule has 0 bridgehead atoms. The number of hydrogen-bond donors (Lipinski definition) is 2. The molecule has 5 nitrogen and oxygen atoms in total. The summed E-state index contributed by atoms with van der Waals surface area (Å²) in [6, 6.07) is 9.10. The highest BCUT2D eigenvalue weighted by atomic mass is 16.5. The summed E-state index contributed by atoms with van der Waals surface area (Å²) in [5, 5.41) is 20.5. The fourth-order valence-electron chi connectivity index (χ4n) is 1.39. The number of carboxylic acid groups (broad SMARTS) is 1. The zero-order valence-electron chi connectivity index (χ0n) is 9.51. The number of carboxylic acids is 1. The number of anilines is 1. The second-order valence-electron chi connectivity index (χ2n) is 3.49. The van der Waals surface area contributed by atoms with Gasteiger partial charge >= 0.3 is 5.97 Å². The van der Waals surface area contributed by atoms with Crippen molar-refractivity contribution in [1.29, 1.82) is 5.26 Å². The summed E-state index contributed by atoms with van der Waals surface area (Å²) in [7, 11) is 1.46. The number of methoxy groups -OCH3 is 1. The molecule has 1 aromatic carbocycles. The lowest BCUT2D eigenvalue weighted by atomic mass is 10.2. The molecular formula is C12H14N2O3. The first-order valence-electron chi connectivity index (χ1n) is 5.15. The van der Waals surface area contributed by atoms with Crippen molar-refractivity contribution in [3.63, 3.8) is 0 Å². The largest absolute Gasteiger partial charge is 0.481 e. The van der Waals surface area contributed by atoms with Crippen LogP contribution in [-0.4, -0.2) is 30.8 Å². The summed E-state index contributed by atoms with van der Waals surface area (Å²) in [6.07, 6.45) is -0.489. The van der Waals surface area contributed by atoms with Crippen molar-refractivity contribution in [3.05, 3.63) is 29.8 Å². The third-order valence-electron chi connectivity index (χ3n) is 2.30. The van der Waals surface area contributed by atoms with Gasteiger partial charge in [0.2, 0.25) is 0 Å². The topological polar surface area (TPSA) is 82.3 Å². The standard InChI is InChI=1S/C12H14N2O3/c1-17-10(6-12(15)16)8-14-11-5-3-2-4-9(11)7-13/h2-5,10,14H,6,8H2,1H3,(H,15,16). The van der Waals surface area contributed by atoms with E-state index in [2.05, 4.69) is 11.4 Å². The number of nitrogens with one attached hydrogen (secondary N) is 1. The van der Waals surface area contributed by atoms with E-state index < -0.39 is 12.1 Å². The Morgan fingerprint density at radius 3 is 2.88 bits per heavy atom. The number of hydrogen-bond acceptors (Lipinski definition) is 4. The number of benzene rings is 1. The van der Waals surface area contributed by atoms with E-state index >= 15 is 0 Å². The Balaban J connectivity index is 2.60. The molecule has 2 N–H and O–H groups in total. The average Bonchev–Trinajstić information content (AvgIpc) is 2.34. The molecule has 0 heterocycles. The van der Waals surface area contributed by atoms with Crippen molar-refractivity contribution in [3.8, 4) is 6.07 Å². The molecule has 0 saturated heterocycles. The Morgan fingerprint density at radius 2 is 2.29 bits per heavy atom. The van der Waals surface area contributed by atoms with Crippen LogP contribution in [0.25, 0.3) is 0 Å². The van der Waals surface area contributed by atoms with Crippen LogP contribution in [0.5, 0.6) is 0 Å². The van der Waals surface area contributed by atoms with Crippen molar-refractivity contribution in [2.24, 2.45) is 0 Å².